The van der Waals surface area contributed by atoms with Crippen molar-refractivity contribution in [2.24, 2.45) is 5.92 Å². The molecule has 2 aromatic carbocycles. The fourth-order valence-electron chi connectivity index (χ4n) is 2.83. The van der Waals surface area contributed by atoms with Crippen LogP contribution in [-0.4, -0.2) is 34.4 Å². The lowest BCUT2D eigenvalue weighted by molar-refractivity contribution is -0.120. The quantitative estimate of drug-likeness (QED) is 0.475. The van der Waals surface area contributed by atoms with Gasteiger partial charge in [0.25, 0.3) is 5.56 Å². The number of ether oxygens (including phenoxy) is 1. The lowest BCUT2D eigenvalue weighted by atomic mass is 10.2. The zero-order valence-electron chi connectivity index (χ0n) is 17.0. The van der Waals surface area contributed by atoms with E-state index < -0.39 is 5.25 Å². The molecule has 3 aromatic rings. The minimum absolute atomic E-state index is 0.0803. The number of rotatable bonds is 7. The van der Waals surface area contributed by atoms with Crippen LogP contribution in [0.3, 0.4) is 0 Å². The zero-order valence-corrected chi connectivity index (χ0v) is 17.8. The van der Waals surface area contributed by atoms with E-state index in [2.05, 4.69) is 5.32 Å². The van der Waals surface area contributed by atoms with Gasteiger partial charge in [-0.15, -0.1) is 0 Å². The van der Waals surface area contributed by atoms with E-state index >= 15 is 0 Å². The number of carbonyl (C=O) groups excluding carboxylic acids is 1. The molecule has 29 heavy (non-hydrogen) atoms. The van der Waals surface area contributed by atoms with Gasteiger partial charge >= 0.3 is 0 Å². The average molecular weight is 412 g/mol. The van der Waals surface area contributed by atoms with E-state index in [9.17, 15) is 9.59 Å². The van der Waals surface area contributed by atoms with Crippen molar-refractivity contribution in [2.75, 3.05) is 13.7 Å². The number of hydrogen-bond acceptors (Lipinski definition) is 5. The lowest BCUT2D eigenvalue weighted by Crippen LogP contribution is -2.34. The summed E-state index contributed by atoms with van der Waals surface area (Å²) in [5.41, 5.74) is 1.07. The van der Waals surface area contributed by atoms with Crippen molar-refractivity contribution < 1.29 is 9.53 Å². The Balaban J connectivity index is 2.07. The van der Waals surface area contributed by atoms with E-state index in [1.165, 1.54) is 11.8 Å². The SMILES string of the molecule is COc1cccc(-n2c(SC(C)C(=O)NCC(C)C)nc3ccccc3c2=O)c1. The number of amides is 1. The third kappa shape index (κ3) is 4.79. The summed E-state index contributed by atoms with van der Waals surface area (Å²) in [7, 11) is 1.58. The molecule has 0 aliphatic carbocycles. The highest BCUT2D eigenvalue weighted by Crippen LogP contribution is 2.26. The molecule has 0 fully saturated rings. The molecular formula is C22H25N3O3S. The molecule has 0 aliphatic heterocycles. The summed E-state index contributed by atoms with van der Waals surface area (Å²) in [5, 5.41) is 3.52. The van der Waals surface area contributed by atoms with Crippen molar-refractivity contribution in [2.45, 2.75) is 31.2 Å². The number of benzene rings is 2. The second-order valence-corrected chi connectivity index (χ2v) is 8.46. The summed E-state index contributed by atoms with van der Waals surface area (Å²) in [4.78, 5) is 30.5. The molecule has 1 aromatic heterocycles. The molecule has 0 spiro atoms. The third-order valence-electron chi connectivity index (χ3n) is 4.39. The standard InChI is InChI=1S/C22H25N3O3S/c1-14(2)13-23-20(26)15(3)29-22-24-19-11-6-5-10-18(19)21(27)25(22)16-8-7-9-17(12-16)28-4/h5-12,14-15H,13H2,1-4H3,(H,23,26). The largest absolute Gasteiger partial charge is 0.497 e. The van der Waals surface area contributed by atoms with E-state index in [1.54, 1.807) is 29.9 Å². The second kappa shape index (κ2) is 9.13. The predicted octanol–water partition coefficient (Wildman–Crippen LogP) is 3.65. The maximum absolute atomic E-state index is 13.3. The van der Waals surface area contributed by atoms with Gasteiger partial charge in [-0.05, 0) is 37.1 Å². The van der Waals surface area contributed by atoms with Gasteiger partial charge in [-0.1, -0.05) is 43.8 Å². The van der Waals surface area contributed by atoms with Gasteiger partial charge in [0.05, 0.1) is 29.0 Å². The van der Waals surface area contributed by atoms with Gasteiger partial charge < -0.3 is 10.1 Å². The smallest absolute Gasteiger partial charge is 0.266 e. The molecule has 1 unspecified atom stereocenters. The first-order valence-corrected chi connectivity index (χ1v) is 10.4. The molecule has 0 bridgehead atoms. The van der Waals surface area contributed by atoms with Crippen LogP contribution in [0.1, 0.15) is 20.8 Å². The van der Waals surface area contributed by atoms with Crippen LogP contribution in [0.5, 0.6) is 5.75 Å². The molecule has 1 amide bonds. The summed E-state index contributed by atoms with van der Waals surface area (Å²) in [6.07, 6.45) is 0. The summed E-state index contributed by atoms with van der Waals surface area (Å²) < 4.78 is 6.85. The van der Waals surface area contributed by atoms with Crippen molar-refractivity contribution in [1.82, 2.24) is 14.9 Å². The van der Waals surface area contributed by atoms with Gasteiger partial charge in [0.1, 0.15) is 5.75 Å². The number of para-hydroxylation sites is 1. The van der Waals surface area contributed by atoms with Crippen LogP contribution in [0.2, 0.25) is 0 Å². The summed E-state index contributed by atoms with van der Waals surface area (Å²) in [6, 6.07) is 14.5. The van der Waals surface area contributed by atoms with Gasteiger partial charge in [-0.25, -0.2) is 4.98 Å². The van der Waals surface area contributed by atoms with Gasteiger partial charge in [0, 0.05) is 12.6 Å². The number of fused-ring (bicyclic) bond motifs is 1. The van der Waals surface area contributed by atoms with E-state index in [0.717, 1.165) is 0 Å². The Morgan fingerprint density at radius 2 is 1.93 bits per heavy atom. The predicted molar refractivity (Wildman–Crippen MR) is 117 cm³/mol. The van der Waals surface area contributed by atoms with Crippen molar-refractivity contribution in [1.29, 1.82) is 0 Å². The highest BCUT2D eigenvalue weighted by molar-refractivity contribution is 8.00. The molecule has 0 aliphatic rings. The Bertz CT molecular complexity index is 1080. The maximum atomic E-state index is 13.3. The maximum Gasteiger partial charge on any atom is 0.266 e. The van der Waals surface area contributed by atoms with E-state index in [0.29, 0.717) is 40.0 Å². The normalized spacial score (nSPS) is 12.2. The summed E-state index contributed by atoms with van der Waals surface area (Å²) in [6.45, 7) is 6.52. The first-order valence-electron chi connectivity index (χ1n) is 9.51. The minimum Gasteiger partial charge on any atom is -0.497 e. The number of methoxy groups -OCH3 is 1. The van der Waals surface area contributed by atoms with Crippen molar-refractivity contribution in [3.05, 3.63) is 58.9 Å². The van der Waals surface area contributed by atoms with E-state index in [1.807, 2.05) is 51.1 Å². The van der Waals surface area contributed by atoms with Gasteiger partial charge in [0.15, 0.2) is 5.16 Å². The Labute approximate surface area is 174 Å². The molecule has 1 N–H and O–H groups in total. The number of thioether (sulfide) groups is 1. The number of nitrogens with zero attached hydrogens (tertiary/aromatic N) is 2. The average Bonchev–Trinajstić information content (AvgIpc) is 2.72. The monoisotopic (exact) mass is 411 g/mol. The Morgan fingerprint density at radius 1 is 1.17 bits per heavy atom. The van der Waals surface area contributed by atoms with Crippen molar-refractivity contribution >= 4 is 28.6 Å². The van der Waals surface area contributed by atoms with Crippen LogP contribution in [0, 0.1) is 5.92 Å². The molecule has 1 atom stereocenters. The molecule has 152 valence electrons. The second-order valence-electron chi connectivity index (χ2n) is 7.15. The number of hydrogen-bond donors (Lipinski definition) is 1. The molecule has 3 rings (SSSR count). The molecular weight excluding hydrogens is 386 g/mol. The molecule has 0 saturated carbocycles. The third-order valence-corrected chi connectivity index (χ3v) is 5.44. The van der Waals surface area contributed by atoms with Crippen LogP contribution in [0.25, 0.3) is 16.6 Å². The molecule has 0 radical (unpaired) electrons. The minimum atomic E-state index is -0.404. The Hall–Kier alpha value is -2.80. The fourth-order valence-corrected chi connectivity index (χ4v) is 3.78. The number of carbonyl (C=O) groups is 1. The van der Waals surface area contributed by atoms with Crippen LogP contribution in [0.15, 0.2) is 58.5 Å². The first kappa shape index (κ1) is 20.9. The highest BCUT2D eigenvalue weighted by Gasteiger charge is 2.20. The van der Waals surface area contributed by atoms with Crippen LogP contribution in [0.4, 0.5) is 0 Å². The highest BCUT2D eigenvalue weighted by atomic mass is 32.2. The van der Waals surface area contributed by atoms with E-state index in [-0.39, 0.29) is 11.5 Å². The van der Waals surface area contributed by atoms with E-state index in [4.69, 9.17) is 9.72 Å². The Morgan fingerprint density at radius 3 is 2.66 bits per heavy atom. The molecule has 1 heterocycles. The molecule has 7 heteroatoms. The first-order chi connectivity index (χ1) is 13.9. The topological polar surface area (TPSA) is 73.2 Å². The van der Waals surface area contributed by atoms with Crippen LogP contribution < -0.4 is 15.6 Å². The van der Waals surface area contributed by atoms with Crippen LogP contribution >= 0.6 is 11.8 Å². The van der Waals surface area contributed by atoms with Gasteiger partial charge in [0.2, 0.25) is 5.91 Å². The van der Waals surface area contributed by atoms with Gasteiger partial charge in [-0.3, -0.25) is 14.2 Å². The van der Waals surface area contributed by atoms with Crippen molar-refractivity contribution in [3.8, 4) is 11.4 Å². The zero-order chi connectivity index (χ0) is 21.0. The Kier molecular flexibility index (Phi) is 6.59. The number of aromatic nitrogens is 2. The van der Waals surface area contributed by atoms with Crippen molar-refractivity contribution in [3.63, 3.8) is 0 Å². The van der Waals surface area contributed by atoms with Crippen LogP contribution in [-0.2, 0) is 4.79 Å². The molecule has 6 nitrogen and oxygen atoms in total. The van der Waals surface area contributed by atoms with Gasteiger partial charge in [-0.2, -0.15) is 0 Å². The fraction of sp³-hybridized carbons (Fsp3) is 0.318. The number of nitrogens with one attached hydrogen (secondary N) is 1. The molecule has 0 saturated heterocycles. The summed E-state index contributed by atoms with van der Waals surface area (Å²) >= 11 is 1.27. The summed E-state index contributed by atoms with van der Waals surface area (Å²) in [5.74, 6) is 0.925. The lowest BCUT2D eigenvalue weighted by Gasteiger charge is -2.17.